The SMILES string of the molecule is Cc1c(CC(=O)N(C)C)c2cccnc2n1Cc1ccc(S)cc1C(F)(F)F. The van der Waals surface area contributed by atoms with Crippen LogP contribution in [0.15, 0.2) is 41.4 Å². The number of thiol groups is 1. The number of likely N-dealkylation sites (N-methyl/N-ethyl adjacent to an activating group) is 1. The standard InChI is InChI=1S/C20H20F3N3OS/c1-12-16(10-18(27)25(2)3)15-5-4-8-24-19(15)26(12)11-13-6-7-14(28)9-17(13)20(21,22)23/h4-9,28H,10-11H2,1-3H3. The lowest BCUT2D eigenvalue weighted by Crippen LogP contribution is -2.23. The summed E-state index contributed by atoms with van der Waals surface area (Å²) < 4.78 is 42.2. The van der Waals surface area contributed by atoms with E-state index in [1.807, 2.05) is 6.07 Å². The van der Waals surface area contributed by atoms with Gasteiger partial charge in [0, 0.05) is 42.8 Å². The number of carbonyl (C=O) groups is 1. The molecule has 0 unspecified atom stereocenters. The lowest BCUT2D eigenvalue weighted by molar-refractivity contribution is -0.138. The minimum absolute atomic E-state index is 0.00158. The summed E-state index contributed by atoms with van der Waals surface area (Å²) in [5, 5.41) is 0.773. The molecule has 0 atom stereocenters. The molecule has 4 nitrogen and oxygen atoms in total. The van der Waals surface area contributed by atoms with Crippen LogP contribution in [0.5, 0.6) is 0 Å². The molecule has 0 radical (unpaired) electrons. The molecule has 28 heavy (non-hydrogen) atoms. The Morgan fingerprint density at radius 1 is 1.25 bits per heavy atom. The molecule has 0 N–H and O–H groups in total. The largest absolute Gasteiger partial charge is 0.416 e. The summed E-state index contributed by atoms with van der Waals surface area (Å²) >= 11 is 4.04. The molecule has 2 heterocycles. The van der Waals surface area contributed by atoms with Gasteiger partial charge in [-0.25, -0.2) is 4.98 Å². The van der Waals surface area contributed by atoms with E-state index in [9.17, 15) is 18.0 Å². The fraction of sp³-hybridized carbons (Fsp3) is 0.300. The Labute approximate surface area is 166 Å². The molecule has 1 amide bonds. The second-order valence-corrected chi connectivity index (χ2v) is 7.35. The molecule has 1 aromatic carbocycles. The normalized spacial score (nSPS) is 11.8. The van der Waals surface area contributed by atoms with E-state index in [-0.39, 0.29) is 29.3 Å². The molecular formula is C20H20F3N3OS. The van der Waals surface area contributed by atoms with Crippen LogP contribution in [0.4, 0.5) is 13.2 Å². The van der Waals surface area contributed by atoms with Crippen LogP contribution in [0.3, 0.4) is 0 Å². The molecule has 0 aliphatic heterocycles. The van der Waals surface area contributed by atoms with Crippen molar-refractivity contribution in [2.24, 2.45) is 0 Å². The number of halogens is 3. The van der Waals surface area contributed by atoms with Crippen LogP contribution >= 0.6 is 12.6 Å². The van der Waals surface area contributed by atoms with Gasteiger partial charge in [0.15, 0.2) is 0 Å². The van der Waals surface area contributed by atoms with Crippen LogP contribution in [-0.4, -0.2) is 34.5 Å². The average Bonchev–Trinajstić information content (AvgIpc) is 2.88. The van der Waals surface area contributed by atoms with E-state index in [0.717, 1.165) is 22.7 Å². The van der Waals surface area contributed by atoms with E-state index in [4.69, 9.17) is 0 Å². The van der Waals surface area contributed by atoms with Gasteiger partial charge in [0.2, 0.25) is 5.91 Å². The zero-order valence-corrected chi connectivity index (χ0v) is 16.6. The van der Waals surface area contributed by atoms with E-state index < -0.39 is 11.7 Å². The number of aromatic nitrogens is 2. The predicted octanol–water partition coefficient (Wildman–Crippen LogP) is 4.33. The maximum absolute atomic E-state index is 13.5. The molecule has 0 bridgehead atoms. The zero-order valence-electron chi connectivity index (χ0n) is 15.7. The highest BCUT2D eigenvalue weighted by Gasteiger charge is 2.33. The predicted molar refractivity (Wildman–Crippen MR) is 105 cm³/mol. The third kappa shape index (κ3) is 3.87. The number of alkyl halides is 3. The van der Waals surface area contributed by atoms with Crippen molar-refractivity contribution in [1.82, 2.24) is 14.5 Å². The Bertz CT molecular complexity index is 1040. The maximum Gasteiger partial charge on any atom is 0.416 e. The number of fused-ring (bicyclic) bond motifs is 1. The molecule has 2 aromatic heterocycles. The van der Waals surface area contributed by atoms with Crippen molar-refractivity contribution in [3.05, 3.63) is 58.9 Å². The van der Waals surface area contributed by atoms with Crippen LogP contribution in [0.2, 0.25) is 0 Å². The highest BCUT2D eigenvalue weighted by molar-refractivity contribution is 7.80. The van der Waals surface area contributed by atoms with E-state index in [0.29, 0.717) is 5.65 Å². The number of nitrogens with zero attached hydrogens (tertiary/aromatic N) is 3. The first kappa shape index (κ1) is 20.3. The Balaban J connectivity index is 2.13. The van der Waals surface area contributed by atoms with Crippen LogP contribution in [0.1, 0.15) is 22.4 Å². The number of pyridine rings is 1. The lowest BCUT2D eigenvalue weighted by atomic mass is 10.1. The first-order valence-electron chi connectivity index (χ1n) is 8.61. The van der Waals surface area contributed by atoms with Crippen molar-refractivity contribution < 1.29 is 18.0 Å². The van der Waals surface area contributed by atoms with Crippen LogP contribution < -0.4 is 0 Å². The number of amides is 1. The Kier molecular flexibility index (Phi) is 5.43. The van der Waals surface area contributed by atoms with E-state index in [1.165, 1.54) is 11.0 Å². The van der Waals surface area contributed by atoms with Gasteiger partial charge in [0.25, 0.3) is 0 Å². The number of rotatable bonds is 4. The summed E-state index contributed by atoms with van der Waals surface area (Å²) in [7, 11) is 3.34. The van der Waals surface area contributed by atoms with Gasteiger partial charge in [0.05, 0.1) is 12.0 Å². The number of hydrogen-bond donors (Lipinski definition) is 1. The zero-order chi connectivity index (χ0) is 20.6. The van der Waals surface area contributed by atoms with Crippen molar-refractivity contribution in [2.45, 2.75) is 31.0 Å². The minimum atomic E-state index is -4.48. The quantitative estimate of drug-likeness (QED) is 0.654. The first-order valence-corrected chi connectivity index (χ1v) is 9.06. The molecule has 0 saturated carbocycles. The fourth-order valence-corrected chi connectivity index (χ4v) is 3.43. The number of benzene rings is 1. The molecule has 8 heteroatoms. The van der Waals surface area contributed by atoms with Crippen molar-refractivity contribution in [2.75, 3.05) is 14.1 Å². The van der Waals surface area contributed by atoms with Gasteiger partial charge in [-0.05, 0) is 42.3 Å². The molecule has 0 saturated heterocycles. The molecule has 3 aromatic rings. The molecule has 0 aliphatic carbocycles. The highest BCUT2D eigenvalue weighted by Crippen LogP contribution is 2.35. The van der Waals surface area contributed by atoms with Gasteiger partial charge in [-0.2, -0.15) is 13.2 Å². The number of hydrogen-bond acceptors (Lipinski definition) is 3. The summed E-state index contributed by atoms with van der Waals surface area (Å²) in [4.78, 5) is 18.3. The second-order valence-electron chi connectivity index (χ2n) is 6.83. The summed E-state index contributed by atoms with van der Waals surface area (Å²) in [6.45, 7) is 1.80. The van der Waals surface area contributed by atoms with Gasteiger partial charge in [-0.3, -0.25) is 4.79 Å². The van der Waals surface area contributed by atoms with Crippen LogP contribution in [0, 0.1) is 6.92 Å². The highest BCUT2D eigenvalue weighted by atomic mass is 32.1. The Hall–Kier alpha value is -2.48. The van der Waals surface area contributed by atoms with Gasteiger partial charge in [-0.15, -0.1) is 12.6 Å². The smallest absolute Gasteiger partial charge is 0.349 e. The topological polar surface area (TPSA) is 38.1 Å². The van der Waals surface area contributed by atoms with Gasteiger partial charge < -0.3 is 9.47 Å². The van der Waals surface area contributed by atoms with Crippen molar-refractivity contribution in [3.8, 4) is 0 Å². The monoisotopic (exact) mass is 407 g/mol. The lowest BCUT2D eigenvalue weighted by Gasteiger charge is -2.16. The van der Waals surface area contributed by atoms with Crippen molar-refractivity contribution in [3.63, 3.8) is 0 Å². The van der Waals surface area contributed by atoms with Crippen molar-refractivity contribution >= 4 is 29.6 Å². The van der Waals surface area contributed by atoms with Gasteiger partial charge in [0.1, 0.15) is 5.65 Å². The van der Waals surface area contributed by atoms with Crippen LogP contribution in [0.25, 0.3) is 11.0 Å². The average molecular weight is 407 g/mol. The first-order chi connectivity index (χ1) is 13.1. The summed E-state index contributed by atoms with van der Waals surface area (Å²) in [5.41, 5.74) is 1.47. The Morgan fingerprint density at radius 2 is 1.96 bits per heavy atom. The van der Waals surface area contributed by atoms with Crippen molar-refractivity contribution in [1.29, 1.82) is 0 Å². The third-order valence-corrected chi connectivity index (χ3v) is 5.04. The third-order valence-electron chi connectivity index (χ3n) is 4.76. The van der Waals surface area contributed by atoms with Gasteiger partial charge in [-0.1, -0.05) is 6.07 Å². The fourth-order valence-electron chi connectivity index (χ4n) is 3.23. The second kappa shape index (κ2) is 7.50. The maximum atomic E-state index is 13.5. The molecular weight excluding hydrogens is 387 g/mol. The van der Waals surface area contributed by atoms with Gasteiger partial charge >= 0.3 is 6.18 Å². The summed E-state index contributed by atoms with van der Waals surface area (Å²) in [5.74, 6) is -0.0820. The molecule has 148 valence electrons. The minimum Gasteiger partial charge on any atom is -0.349 e. The van der Waals surface area contributed by atoms with E-state index in [2.05, 4.69) is 17.6 Å². The van der Waals surface area contributed by atoms with Crippen LogP contribution in [-0.2, 0) is 23.9 Å². The molecule has 0 aliphatic rings. The van der Waals surface area contributed by atoms with E-state index in [1.54, 1.807) is 43.9 Å². The molecule has 0 fully saturated rings. The van der Waals surface area contributed by atoms with E-state index >= 15 is 0 Å². The number of carbonyl (C=O) groups excluding carboxylic acids is 1. The summed E-state index contributed by atoms with van der Waals surface area (Å²) in [6, 6.07) is 7.60. The Morgan fingerprint density at radius 3 is 2.61 bits per heavy atom. The summed E-state index contributed by atoms with van der Waals surface area (Å²) in [6.07, 6.45) is -2.73. The molecule has 0 spiro atoms. The molecule has 3 rings (SSSR count).